The molecule has 1 aliphatic heterocycles. The van der Waals surface area contributed by atoms with Gasteiger partial charge in [-0.2, -0.15) is 4.99 Å². The molecule has 1 aliphatic rings. The van der Waals surface area contributed by atoms with Crippen LogP contribution in [0.3, 0.4) is 0 Å². The molecule has 1 aromatic heterocycles. The number of amides is 2. The highest BCUT2D eigenvalue weighted by Crippen LogP contribution is 2.22. The van der Waals surface area contributed by atoms with E-state index in [1.807, 2.05) is 22.5 Å². The maximum atomic E-state index is 12.7. The number of esters is 1. The summed E-state index contributed by atoms with van der Waals surface area (Å²) in [6.45, 7) is 8.56. The fourth-order valence-electron chi connectivity index (χ4n) is 4.22. The van der Waals surface area contributed by atoms with Crippen LogP contribution < -0.4 is 4.80 Å². The fourth-order valence-corrected chi connectivity index (χ4v) is 6.01. The Morgan fingerprint density at radius 3 is 2.71 bits per heavy atom. The molecule has 2 heterocycles. The summed E-state index contributed by atoms with van der Waals surface area (Å²) >= 11 is 2.67. The van der Waals surface area contributed by atoms with Crippen molar-refractivity contribution in [2.45, 2.75) is 59.0 Å². The number of hydrogen-bond donors (Lipinski definition) is 0. The molecule has 1 fully saturated rings. The highest BCUT2D eigenvalue weighted by Gasteiger charge is 2.25. The van der Waals surface area contributed by atoms with Gasteiger partial charge in [0.05, 0.1) is 40.5 Å². The van der Waals surface area contributed by atoms with Crippen LogP contribution in [0.5, 0.6) is 0 Å². The Hall–Kier alpha value is -2.17. The van der Waals surface area contributed by atoms with E-state index < -0.39 is 0 Å². The number of hydrogen-bond acceptors (Lipinski definition) is 7. The number of carbonyl (C=O) groups excluding carboxylic acids is 3. The number of thiazole rings is 1. The largest absolute Gasteiger partial charge is 0.462 e. The predicted octanol–water partition coefficient (Wildman–Crippen LogP) is 3.87. The lowest BCUT2D eigenvalue weighted by Crippen LogP contribution is -2.44. The summed E-state index contributed by atoms with van der Waals surface area (Å²) in [4.78, 5) is 44.4. The number of rotatable bonds is 11. The smallest absolute Gasteiger partial charge is 0.338 e. The van der Waals surface area contributed by atoms with Crippen LogP contribution >= 0.6 is 23.1 Å². The van der Waals surface area contributed by atoms with Gasteiger partial charge in [0.2, 0.25) is 5.91 Å². The third-order valence-electron chi connectivity index (χ3n) is 5.95. The molecule has 1 unspecified atom stereocenters. The van der Waals surface area contributed by atoms with E-state index in [1.54, 1.807) is 19.1 Å². The molecule has 8 nitrogen and oxygen atoms in total. The van der Waals surface area contributed by atoms with Gasteiger partial charge in [0.25, 0.3) is 5.91 Å². The highest BCUT2D eigenvalue weighted by molar-refractivity contribution is 8.00. The predicted molar refractivity (Wildman–Crippen MR) is 140 cm³/mol. The highest BCUT2D eigenvalue weighted by atomic mass is 32.2. The molecule has 35 heavy (non-hydrogen) atoms. The Balaban J connectivity index is 1.72. The van der Waals surface area contributed by atoms with E-state index in [0.717, 1.165) is 36.0 Å². The summed E-state index contributed by atoms with van der Waals surface area (Å²) < 4.78 is 13.4. The molecule has 10 heteroatoms. The van der Waals surface area contributed by atoms with Crippen molar-refractivity contribution in [2.24, 2.45) is 4.99 Å². The van der Waals surface area contributed by atoms with E-state index >= 15 is 0 Å². The van der Waals surface area contributed by atoms with Crippen molar-refractivity contribution >= 4 is 51.1 Å². The molecule has 1 atom stereocenters. The van der Waals surface area contributed by atoms with E-state index in [4.69, 9.17) is 9.47 Å². The summed E-state index contributed by atoms with van der Waals surface area (Å²) in [5.41, 5.74) is 1.35. The van der Waals surface area contributed by atoms with Gasteiger partial charge in [-0.25, -0.2) is 4.79 Å². The Morgan fingerprint density at radius 1 is 1.14 bits per heavy atom. The number of thioether (sulfide) groups is 1. The number of fused-ring (bicyclic) bond motifs is 1. The monoisotopic (exact) mass is 521 g/mol. The van der Waals surface area contributed by atoms with Crippen LogP contribution in [0.1, 0.15) is 56.8 Å². The van der Waals surface area contributed by atoms with Gasteiger partial charge < -0.3 is 18.9 Å². The third-order valence-corrected chi connectivity index (χ3v) is 7.89. The van der Waals surface area contributed by atoms with Crippen LogP contribution in [-0.4, -0.2) is 71.2 Å². The van der Waals surface area contributed by atoms with Gasteiger partial charge >= 0.3 is 5.97 Å². The number of piperidine rings is 1. The molecule has 3 rings (SSSR count). The fraction of sp³-hybridized carbons (Fsp3) is 0.600. The van der Waals surface area contributed by atoms with Crippen LogP contribution in [0.4, 0.5) is 0 Å². The Labute approximate surface area is 214 Å². The second-order valence-corrected chi connectivity index (χ2v) is 10.3. The topological polar surface area (TPSA) is 90.2 Å². The van der Waals surface area contributed by atoms with E-state index in [0.29, 0.717) is 42.8 Å². The maximum Gasteiger partial charge on any atom is 0.338 e. The first-order valence-electron chi connectivity index (χ1n) is 12.3. The molecule has 0 N–H and O–H groups in total. The third kappa shape index (κ3) is 7.41. The van der Waals surface area contributed by atoms with Crippen molar-refractivity contribution in [2.75, 3.05) is 37.9 Å². The first-order valence-corrected chi connectivity index (χ1v) is 14.3. The number of benzene rings is 1. The molecule has 0 aliphatic carbocycles. The van der Waals surface area contributed by atoms with Crippen molar-refractivity contribution in [3.63, 3.8) is 0 Å². The Bertz CT molecular complexity index is 1090. The normalized spacial score (nSPS) is 16.6. The van der Waals surface area contributed by atoms with Gasteiger partial charge in [-0.15, -0.1) is 11.8 Å². The summed E-state index contributed by atoms with van der Waals surface area (Å²) in [7, 11) is 0. The van der Waals surface area contributed by atoms with E-state index in [-0.39, 0.29) is 29.3 Å². The number of likely N-dealkylation sites (tertiary alicyclic amines) is 1. The second kappa shape index (κ2) is 13.8. The average molecular weight is 522 g/mol. The minimum Gasteiger partial charge on any atom is -0.462 e. The quantitative estimate of drug-likeness (QED) is 0.329. The first-order chi connectivity index (χ1) is 17.0. The van der Waals surface area contributed by atoms with Crippen molar-refractivity contribution in [1.29, 1.82) is 0 Å². The molecular formula is C25H35N3O5S2. The minimum absolute atomic E-state index is 0.106. The number of ether oxygens (including phenoxy) is 2. The average Bonchev–Trinajstić information content (AvgIpc) is 3.20. The first kappa shape index (κ1) is 27.4. The van der Waals surface area contributed by atoms with Gasteiger partial charge in [-0.05, 0) is 57.7 Å². The van der Waals surface area contributed by atoms with Gasteiger partial charge in [-0.3, -0.25) is 9.59 Å². The Morgan fingerprint density at radius 2 is 1.97 bits per heavy atom. The number of aromatic nitrogens is 1. The lowest BCUT2D eigenvalue weighted by molar-refractivity contribution is -0.132. The van der Waals surface area contributed by atoms with Crippen molar-refractivity contribution in [1.82, 2.24) is 9.47 Å². The standard InChI is InChI=1S/C25H35N3O5S2/c1-4-19-9-7-8-12-27(19)23(30)17-34-16-22(29)26-25-28(13-14-32-5-2)20-11-10-18(15-21(20)35-25)24(31)33-6-3/h10-11,15,19H,4-9,12-14,16-17H2,1-3H3. The SMILES string of the molecule is CCOCCn1c(=NC(=O)CSCC(=O)N2CCCCC2CC)sc2cc(C(=O)OCC)ccc21. The van der Waals surface area contributed by atoms with Crippen molar-refractivity contribution < 1.29 is 23.9 Å². The van der Waals surface area contributed by atoms with E-state index in [9.17, 15) is 14.4 Å². The molecule has 1 aromatic carbocycles. The molecule has 0 saturated carbocycles. The minimum atomic E-state index is -0.377. The molecular weight excluding hydrogens is 486 g/mol. The molecule has 2 aromatic rings. The van der Waals surface area contributed by atoms with Crippen molar-refractivity contribution in [3.8, 4) is 0 Å². The van der Waals surface area contributed by atoms with Gasteiger partial charge in [0, 0.05) is 25.7 Å². The van der Waals surface area contributed by atoms with E-state index in [2.05, 4.69) is 11.9 Å². The zero-order chi connectivity index (χ0) is 25.2. The second-order valence-electron chi connectivity index (χ2n) is 8.28. The van der Waals surface area contributed by atoms with Crippen LogP contribution in [-0.2, 0) is 25.6 Å². The lowest BCUT2D eigenvalue weighted by Gasteiger charge is -2.35. The zero-order valence-electron chi connectivity index (χ0n) is 20.8. The Kier molecular flexibility index (Phi) is 10.8. The zero-order valence-corrected chi connectivity index (χ0v) is 22.4. The molecule has 1 saturated heterocycles. The van der Waals surface area contributed by atoms with Gasteiger partial charge in [0.15, 0.2) is 4.80 Å². The summed E-state index contributed by atoms with van der Waals surface area (Å²) in [6, 6.07) is 5.67. The molecule has 0 radical (unpaired) electrons. The summed E-state index contributed by atoms with van der Waals surface area (Å²) in [5.74, 6) is -0.120. The van der Waals surface area contributed by atoms with Gasteiger partial charge in [-0.1, -0.05) is 18.3 Å². The summed E-state index contributed by atoms with van der Waals surface area (Å²) in [6.07, 6.45) is 4.25. The number of nitrogens with zero attached hydrogens (tertiary/aromatic N) is 3. The van der Waals surface area contributed by atoms with Crippen LogP contribution in [0.25, 0.3) is 10.2 Å². The van der Waals surface area contributed by atoms with Gasteiger partial charge in [0.1, 0.15) is 0 Å². The van der Waals surface area contributed by atoms with Crippen LogP contribution in [0, 0.1) is 0 Å². The van der Waals surface area contributed by atoms with Crippen LogP contribution in [0.15, 0.2) is 23.2 Å². The number of carbonyl (C=O) groups is 3. The molecule has 0 bridgehead atoms. The van der Waals surface area contributed by atoms with Crippen molar-refractivity contribution in [3.05, 3.63) is 28.6 Å². The van der Waals surface area contributed by atoms with Crippen LogP contribution in [0.2, 0.25) is 0 Å². The molecule has 0 spiro atoms. The lowest BCUT2D eigenvalue weighted by atomic mass is 10.0. The molecule has 2 amide bonds. The van der Waals surface area contributed by atoms with E-state index in [1.165, 1.54) is 29.5 Å². The summed E-state index contributed by atoms with van der Waals surface area (Å²) in [5, 5.41) is 0. The maximum absolute atomic E-state index is 12.7. The molecule has 192 valence electrons.